The van der Waals surface area contributed by atoms with Crippen LogP contribution in [-0.2, 0) is 17.8 Å². The van der Waals surface area contributed by atoms with Crippen molar-refractivity contribution in [1.82, 2.24) is 9.88 Å². The number of rotatable bonds is 3. The maximum Gasteiger partial charge on any atom is 0.329 e. The molecule has 22 heavy (non-hydrogen) atoms. The van der Waals surface area contributed by atoms with Crippen LogP contribution >= 0.6 is 19.2 Å². The molecule has 8 nitrogen and oxygen atoms in total. The molecule has 1 aromatic heterocycles. The molecule has 0 spiro atoms. The number of nitrogens with zero attached hydrogens (tertiary/aromatic N) is 1. The Balaban J connectivity index is 2.55. The Morgan fingerprint density at radius 2 is 2.09 bits per heavy atom. The molecule has 0 saturated heterocycles. The summed E-state index contributed by atoms with van der Waals surface area (Å²) in [5, 5.41) is 10.1. The SMILES string of the molecule is Cn1c(C(=O)NC(=N)N)cc2c(Cl)cc(CP(=O)(O)O)cc21. The summed E-state index contributed by atoms with van der Waals surface area (Å²) in [6, 6.07) is 4.54. The molecule has 1 aromatic carbocycles. The molecule has 0 atom stereocenters. The minimum atomic E-state index is -4.22. The lowest BCUT2D eigenvalue weighted by Gasteiger charge is -2.07. The van der Waals surface area contributed by atoms with E-state index in [1.807, 2.05) is 0 Å². The Hall–Kier alpha value is -1.86. The largest absolute Gasteiger partial charge is 0.370 e. The van der Waals surface area contributed by atoms with Crippen LogP contribution in [0.4, 0.5) is 0 Å². The zero-order valence-corrected chi connectivity index (χ0v) is 13.2. The van der Waals surface area contributed by atoms with Gasteiger partial charge in [0.1, 0.15) is 5.69 Å². The fourth-order valence-corrected chi connectivity index (χ4v) is 3.12. The number of hydrogen-bond acceptors (Lipinski definition) is 3. The lowest BCUT2D eigenvalue weighted by atomic mass is 10.2. The van der Waals surface area contributed by atoms with Gasteiger partial charge >= 0.3 is 7.60 Å². The molecule has 0 saturated carbocycles. The van der Waals surface area contributed by atoms with Crippen LogP contribution in [0.5, 0.6) is 0 Å². The number of nitrogens with one attached hydrogen (secondary N) is 2. The smallest absolute Gasteiger partial charge is 0.329 e. The number of halogens is 1. The van der Waals surface area contributed by atoms with Gasteiger partial charge in [0.25, 0.3) is 5.91 Å². The molecule has 1 amide bonds. The average molecular weight is 345 g/mol. The maximum atomic E-state index is 12.0. The van der Waals surface area contributed by atoms with Gasteiger partial charge in [0, 0.05) is 12.4 Å². The first-order chi connectivity index (χ1) is 10.1. The average Bonchev–Trinajstić information content (AvgIpc) is 2.65. The first kappa shape index (κ1) is 16.5. The number of amides is 1. The first-order valence-corrected chi connectivity index (χ1v) is 8.24. The molecule has 0 aliphatic rings. The molecule has 2 rings (SSSR count). The number of carbonyl (C=O) groups is 1. The molecule has 1 heterocycles. The van der Waals surface area contributed by atoms with Crippen molar-refractivity contribution in [2.45, 2.75) is 6.16 Å². The highest BCUT2D eigenvalue weighted by atomic mass is 35.5. The number of guanidine groups is 1. The molecule has 2 aromatic rings. The van der Waals surface area contributed by atoms with Crippen molar-refractivity contribution in [2.24, 2.45) is 12.8 Å². The van der Waals surface area contributed by atoms with Gasteiger partial charge in [0.05, 0.1) is 16.7 Å². The highest BCUT2D eigenvalue weighted by Crippen LogP contribution is 2.40. The molecule has 0 fully saturated rings. The number of carbonyl (C=O) groups excluding carboxylic acids is 1. The lowest BCUT2D eigenvalue weighted by molar-refractivity contribution is 0.0969. The van der Waals surface area contributed by atoms with Gasteiger partial charge < -0.3 is 20.1 Å². The van der Waals surface area contributed by atoms with E-state index in [1.54, 1.807) is 13.1 Å². The quantitative estimate of drug-likeness (QED) is 0.322. The molecule has 0 aliphatic carbocycles. The minimum Gasteiger partial charge on any atom is -0.370 e. The second-order valence-electron chi connectivity index (χ2n) is 4.79. The molecular formula is C12H14ClN4O4P. The van der Waals surface area contributed by atoms with Gasteiger partial charge in [-0.25, -0.2) is 0 Å². The summed E-state index contributed by atoms with van der Waals surface area (Å²) >= 11 is 6.12. The maximum absolute atomic E-state index is 12.0. The van der Waals surface area contributed by atoms with Gasteiger partial charge in [-0.05, 0) is 23.8 Å². The minimum absolute atomic E-state index is 0.223. The monoisotopic (exact) mass is 344 g/mol. The molecular weight excluding hydrogens is 331 g/mol. The molecule has 0 bridgehead atoms. The van der Waals surface area contributed by atoms with E-state index in [0.717, 1.165) is 0 Å². The zero-order valence-electron chi connectivity index (χ0n) is 11.5. The number of aryl methyl sites for hydroxylation is 1. The van der Waals surface area contributed by atoms with E-state index >= 15 is 0 Å². The van der Waals surface area contributed by atoms with E-state index in [4.69, 9.17) is 32.5 Å². The third-order valence-electron chi connectivity index (χ3n) is 3.04. The summed E-state index contributed by atoms with van der Waals surface area (Å²) in [7, 11) is -2.62. The Kier molecular flexibility index (Phi) is 4.30. The van der Waals surface area contributed by atoms with Crippen molar-refractivity contribution < 1.29 is 19.1 Å². The molecule has 0 unspecified atom stereocenters. The van der Waals surface area contributed by atoms with Crippen LogP contribution in [0, 0.1) is 5.41 Å². The third kappa shape index (κ3) is 3.48. The highest BCUT2D eigenvalue weighted by molar-refractivity contribution is 7.50. The van der Waals surface area contributed by atoms with E-state index in [-0.39, 0.29) is 10.7 Å². The van der Waals surface area contributed by atoms with E-state index in [9.17, 15) is 9.36 Å². The predicted octanol–water partition coefficient (Wildman–Crippen LogP) is 1.13. The fourth-order valence-electron chi connectivity index (χ4n) is 2.17. The van der Waals surface area contributed by atoms with Crippen LogP contribution in [-0.4, -0.2) is 26.2 Å². The predicted molar refractivity (Wildman–Crippen MR) is 83.1 cm³/mol. The van der Waals surface area contributed by atoms with Gasteiger partial charge in [-0.1, -0.05) is 11.6 Å². The van der Waals surface area contributed by atoms with E-state index < -0.39 is 25.6 Å². The molecule has 0 radical (unpaired) electrons. The molecule has 0 aliphatic heterocycles. The second-order valence-corrected chi connectivity index (χ2v) is 6.84. The van der Waals surface area contributed by atoms with Crippen molar-refractivity contribution in [2.75, 3.05) is 0 Å². The topological polar surface area (TPSA) is 141 Å². The molecule has 118 valence electrons. The lowest BCUT2D eigenvalue weighted by Crippen LogP contribution is -2.36. The van der Waals surface area contributed by atoms with Crippen molar-refractivity contribution >= 4 is 42.0 Å². The number of nitrogens with two attached hydrogens (primary N) is 1. The van der Waals surface area contributed by atoms with Crippen LogP contribution in [0.2, 0.25) is 5.02 Å². The molecule has 10 heteroatoms. The summed E-state index contributed by atoms with van der Waals surface area (Å²) in [5.74, 6) is -1.05. The van der Waals surface area contributed by atoms with Gasteiger partial charge in [-0.3, -0.25) is 20.1 Å². The summed E-state index contributed by atoms with van der Waals surface area (Å²) in [4.78, 5) is 30.1. The normalized spacial score (nSPS) is 11.6. The second kappa shape index (κ2) is 5.73. The zero-order chi connectivity index (χ0) is 16.7. The van der Waals surface area contributed by atoms with Gasteiger partial charge in [0.15, 0.2) is 5.96 Å². The molecule has 6 N–H and O–H groups in total. The number of fused-ring (bicyclic) bond motifs is 1. The summed E-state index contributed by atoms with van der Waals surface area (Å²) in [5.41, 5.74) is 6.26. The van der Waals surface area contributed by atoms with Crippen LogP contribution in [0.25, 0.3) is 10.9 Å². The van der Waals surface area contributed by atoms with Crippen LogP contribution in [0.3, 0.4) is 0 Å². The van der Waals surface area contributed by atoms with Gasteiger partial charge in [0.2, 0.25) is 0 Å². The summed E-state index contributed by atoms with van der Waals surface area (Å²) in [6.07, 6.45) is -0.442. The Bertz CT molecular complexity index is 826. The van der Waals surface area contributed by atoms with E-state index in [2.05, 4.69) is 5.32 Å². The van der Waals surface area contributed by atoms with E-state index in [1.165, 1.54) is 16.7 Å². The van der Waals surface area contributed by atoms with Crippen LogP contribution < -0.4 is 11.1 Å². The fraction of sp³-hybridized carbons (Fsp3) is 0.167. The van der Waals surface area contributed by atoms with Gasteiger partial charge in [-0.15, -0.1) is 0 Å². The Labute approximate surface area is 130 Å². The number of aromatic nitrogens is 1. The van der Waals surface area contributed by atoms with Crippen molar-refractivity contribution in [3.05, 3.63) is 34.5 Å². The van der Waals surface area contributed by atoms with Crippen LogP contribution in [0.1, 0.15) is 16.1 Å². The van der Waals surface area contributed by atoms with Crippen molar-refractivity contribution in [3.63, 3.8) is 0 Å². The van der Waals surface area contributed by atoms with E-state index in [0.29, 0.717) is 16.5 Å². The number of benzene rings is 1. The Morgan fingerprint density at radius 1 is 1.45 bits per heavy atom. The highest BCUT2D eigenvalue weighted by Gasteiger charge is 2.19. The number of hydrogen-bond donors (Lipinski definition) is 5. The summed E-state index contributed by atoms with van der Waals surface area (Å²) in [6.45, 7) is 0. The first-order valence-electron chi connectivity index (χ1n) is 6.06. The Morgan fingerprint density at radius 3 is 2.64 bits per heavy atom. The van der Waals surface area contributed by atoms with Crippen LogP contribution in [0.15, 0.2) is 18.2 Å². The van der Waals surface area contributed by atoms with Crippen molar-refractivity contribution in [3.8, 4) is 0 Å². The van der Waals surface area contributed by atoms with Gasteiger partial charge in [-0.2, -0.15) is 0 Å². The summed E-state index contributed by atoms with van der Waals surface area (Å²) < 4.78 is 12.6. The standard InChI is InChI=1S/C12H14ClN4O4P/c1-17-9-3-6(5-22(19,20)21)2-8(13)7(9)4-10(17)11(18)16-12(14)15/h2-4H,5H2,1H3,(H2,19,20,21)(H4,14,15,16,18). The third-order valence-corrected chi connectivity index (χ3v) is 4.13. The van der Waals surface area contributed by atoms with Crippen molar-refractivity contribution in [1.29, 1.82) is 5.41 Å².